The summed E-state index contributed by atoms with van der Waals surface area (Å²) in [5.74, 6) is 0.622. The van der Waals surface area contributed by atoms with E-state index in [-0.39, 0.29) is 11.4 Å². The van der Waals surface area contributed by atoms with Crippen LogP contribution in [0.5, 0.6) is 0 Å². The zero-order chi connectivity index (χ0) is 11.2. The van der Waals surface area contributed by atoms with E-state index in [1.54, 1.807) is 6.07 Å². The first-order valence-corrected chi connectivity index (χ1v) is 5.58. The second-order valence-corrected chi connectivity index (χ2v) is 4.74. The van der Waals surface area contributed by atoms with E-state index in [1.807, 2.05) is 0 Å². The van der Waals surface area contributed by atoms with Gasteiger partial charge in [-0.15, -0.1) is 0 Å². The van der Waals surface area contributed by atoms with Crippen LogP contribution in [0.15, 0.2) is 18.2 Å². The summed E-state index contributed by atoms with van der Waals surface area (Å²) in [6.45, 7) is 0. The Balaban J connectivity index is 1.93. The summed E-state index contributed by atoms with van der Waals surface area (Å²) in [6.07, 6.45) is 4.06. The summed E-state index contributed by atoms with van der Waals surface area (Å²) in [6, 6.07) is 4.58. The lowest BCUT2D eigenvalue weighted by molar-refractivity contribution is 0.244. The Morgan fingerprint density at radius 1 is 1.44 bits per heavy atom. The Morgan fingerprint density at radius 3 is 2.94 bits per heavy atom. The Kier molecular flexibility index (Phi) is 2.01. The van der Waals surface area contributed by atoms with Gasteiger partial charge in [0.15, 0.2) is 0 Å². The molecule has 1 aliphatic rings. The van der Waals surface area contributed by atoms with Gasteiger partial charge in [-0.2, -0.15) is 0 Å². The van der Waals surface area contributed by atoms with Gasteiger partial charge in [0.25, 0.3) is 0 Å². The molecule has 1 saturated carbocycles. The number of nitrogens with zero attached hydrogens (tertiary/aromatic N) is 1. The fourth-order valence-corrected chi connectivity index (χ4v) is 2.26. The molecule has 0 unspecified atom stereocenters. The van der Waals surface area contributed by atoms with Crippen molar-refractivity contribution in [1.82, 2.24) is 9.97 Å². The first kappa shape index (κ1) is 9.78. The highest BCUT2D eigenvalue weighted by Crippen LogP contribution is 2.32. The lowest BCUT2D eigenvalue weighted by Crippen LogP contribution is -2.48. The van der Waals surface area contributed by atoms with E-state index in [4.69, 9.17) is 5.73 Å². The van der Waals surface area contributed by atoms with Crippen molar-refractivity contribution in [2.75, 3.05) is 0 Å². The molecule has 4 heteroatoms. The lowest BCUT2D eigenvalue weighted by atomic mass is 9.75. The minimum Gasteiger partial charge on any atom is -0.342 e. The SMILES string of the molecule is NC1(Cc2nc3ccc(F)cc3[nH]2)CCC1. The zero-order valence-electron chi connectivity index (χ0n) is 8.96. The van der Waals surface area contributed by atoms with Crippen LogP contribution in [0.2, 0.25) is 0 Å². The highest BCUT2D eigenvalue weighted by atomic mass is 19.1. The maximum absolute atomic E-state index is 13.0. The van der Waals surface area contributed by atoms with Crippen molar-refractivity contribution in [3.8, 4) is 0 Å². The predicted molar refractivity (Wildman–Crippen MR) is 60.5 cm³/mol. The van der Waals surface area contributed by atoms with Gasteiger partial charge in [-0.3, -0.25) is 0 Å². The van der Waals surface area contributed by atoms with Gasteiger partial charge in [0.05, 0.1) is 11.0 Å². The minimum absolute atomic E-state index is 0.0909. The number of benzene rings is 1. The minimum atomic E-state index is -0.242. The number of H-pyrrole nitrogens is 1. The second-order valence-electron chi connectivity index (χ2n) is 4.74. The average molecular weight is 219 g/mol. The molecule has 0 aliphatic heterocycles. The van der Waals surface area contributed by atoms with Crippen molar-refractivity contribution in [2.45, 2.75) is 31.2 Å². The molecule has 1 aromatic heterocycles. The molecular weight excluding hydrogens is 205 g/mol. The molecule has 0 amide bonds. The van der Waals surface area contributed by atoms with Gasteiger partial charge in [0, 0.05) is 12.0 Å². The summed E-state index contributed by atoms with van der Waals surface area (Å²) < 4.78 is 13.0. The van der Waals surface area contributed by atoms with E-state index in [0.29, 0.717) is 0 Å². The molecule has 0 spiro atoms. The van der Waals surface area contributed by atoms with Gasteiger partial charge in [-0.25, -0.2) is 9.37 Å². The van der Waals surface area contributed by atoms with E-state index in [1.165, 1.54) is 18.6 Å². The van der Waals surface area contributed by atoms with E-state index in [2.05, 4.69) is 9.97 Å². The van der Waals surface area contributed by atoms with E-state index < -0.39 is 0 Å². The molecule has 3 nitrogen and oxygen atoms in total. The lowest BCUT2D eigenvalue weighted by Gasteiger charge is -2.37. The van der Waals surface area contributed by atoms with Crippen LogP contribution in [0.4, 0.5) is 4.39 Å². The van der Waals surface area contributed by atoms with E-state index in [9.17, 15) is 4.39 Å². The van der Waals surface area contributed by atoms with Gasteiger partial charge in [-0.1, -0.05) is 0 Å². The van der Waals surface area contributed by atoms with E-state index in [0.717, 1.165) is 36.1 Å². The number of nitrogens with one attached hydrogen (secondary N) is 1. The van der Waals surface area contributed by atoms with Crippen molar-refractivity contribution in [3.05, 3.63) is 29.8 Å². The Hall–Kier alpha value is -1.42. The van der Waals surface area contributed by atoms with Crippen LogP contribution in [-0.4, -0.2) is 15.5 Å². The molecule has 1 fully saturated rings. The third-order valence-corrected chi connectivity index (χ3v) is 3.36. The number of aromatic amines is 1. The molecule has 0 radical (unpaired) electrons. The van der Waals surface area contributed by atoms with Crippen LogP contribution < -0.4 is 5.73 Å². The van der Waals surface area contributed by atoms with Crippen LogP contribution in [0.25, 0.3) is 11.0 Å². The van der Waals surface area contributed by atoms with Crippen LogP contribution in [0.1, 0.15) is 25.1 Å². The second kappa shape index (κ2) is 3.28. The molecule has 0 saturated heterocycles. The Morgan fingerprint density at radius 2 is 2.25 bits per heavy atom. The summed E-state index contributed by atoms with van der Waals surface area (Å²) >= 11 is 0. The van der Waals surface area contributed by atoms with Crippen molar-refractivity contribution in [1.29, 1.82) is 0 Å². The molecule has 3 N–H and O–H groups in total. The number of hydrogen-bond acceptors (Lipinski definition) is 2. The molecule has 2 aromatic rings. The summed E-state index contributed by atoms with van der Waals surface area (Å²) in [4.78, 5) is 7.55. The van der Waals surface area contributed by atoms with Gasteiger partial charge >= 0.3 is 0 Å². The number of hydrogen-bond donors (Lipinski definition) is 2. The normalized spacial score (nSPS) is 18.6. The van der Waals surface area contributed by atoms with Crippen molar-refractivity contribution in [3.63, 3.8) is 0 Å². The van der Waals surface area contributed by atoms with Crippen LogP contribution >= 0.6 is 0 Å². The summed E-state index contributed by atoms with van der Waals surface area (Å²) in [5, 5.41) is 0. The Labute approximate surface area is 92.9 Å². The number of imidazole rings is 1. The van der Waals surface area contributed by atoms with Crippen molar-refractivity contribution < 1.29 is 4.39 Å². The van der Waals surface area contributed by atoms with Gasteiger partial charge < -0.3 is 10.7 Å². The molecule has 1 aliphatic carbocycles. The highest BCUT2D eigenvalue weighted by Gasteiger charge is 2.33. The van der Waals surface area contributed by atoms with Crippen molar-refractivity contribution in [2.24, 2.45) is 5.73 Å². The monoisotopic (exact) mass is 219 g/mol. The smallest absolute Gasteiger partial charge is 0.125 e. The molecule has 0 bridgehead atoms. The largest absolute Gasteiger partial charge is 0.342 e. The molecule has 0 atom stereocenters. The van der Waals surface area contributed by atoms with Gasteiger partial charge in [-0.05, 0) is 37.5 Å². The topological polar surface area (TPSA) is 54.7 Å². The first-order valence-electron chi connectivity index (χ1n) is 5.58. The standard InChI is InChI=1S/C12H14FN3/c13-8-2-3-9-10(6-8)16-11(15-9)7-12(14)4-1-5-12/h2-3,6H,1,4-5,7,14H2,(H,15,16). The summed E-state index contributed by atoms with van der Waals surface area (Å²) in [7, 11) is 0. The number of nitrogens with two attached hydrogens (primary N) is 1. The van der Waals surface area contributed by atoms with E-state index >= 15 is 0 Å². The summed E-state index contributed by atoms with van der Waals surface area (Å²) in [5.41, 5.74) is 7.61. The molecular formula is C12H14FN3. The molecule has 84 valence electrons. The maximum atomic E-state index is 13.0. The van der Waals surface area contributed by atoms with Crippen LogP contribution in [0.3, 0.4) is 0 Å². The highest BCUT2D eigenvalue weighted by molar-refractivity contribution is 5.74. The van der Waals surface area contributed by atoms with Crippen LogP contribution in [-0.2, 0) is 6.42 Å². The first-order chi connectivity index (χ1) is 7.65. The Bertz CT molecular complexity index is 528. The zero-order valence-corrected chi connectivity index (χ0v) is 8.96. The molecule has 16 heavy (non-hydrogen) atoms. The number of aromatic nitrogens is 2. The maximum Gasteiger partial charge on any atom is 0.125 e. The van der Waals surface area contributed by atoms with Gasteiger partial charge in [0.1, 0.15) is 11.6 Å². The average Bonchev–Trinajstić information content (AvgIpc) is 2.56. The molecule has 3 rings (SSSR count). The number of rotatable bonds is 2. The van der Waals surface area contributed by atoms with Gasteiger partial charge in [0.2, 0.25) is 0 Å². The fourth-order valence-electron chi connectivity index (χ4n) is 2.26. The fraction of sp³-hybridized carbons (Fsp3) is 0.417. The third-order valence-electron chi connectivity index (χ3n) is 3.36. The molecule has 1 heterocycles. The third kappa shape index (κ3) is 1.59. The van der Waals surface area contributed by atoms with Crippen molar-refractivity contribution >= 4 is 11.0 Å². The molecule has 1 aromatic carbocycles. The predicted octanol–water partition coefficient (Wildman–Crippen LogP) is 2.13. The number of fused-ring (bicyclic) bond motifs is 1. The number of halogens is 1. The quantitative estimate of drug-likeness (QED) is 0.812. The van der Waals surface area contributed by atoms with Crippen LogP contribution in [0, 0.1) is 5.82 Å².